The van der Waals surface area contributed by atoms with Crippen molar-refractivity contribution in [2.24, 2.45) is 5.73 Å². The van der Waals surface area contributed by atoms with Crippen LogP contribution in [0.1, 0.15) is 28.1 Å². The highest BCUT2D eigenvalue weighted by atomic mass is 32.1. The second-order valence-electron chi connectivity index (χ2n) is 4.36. The van der Waals surface area contributed by atoms with Crippen LogP contribution >= 0.6 is 11.3 Å². The quantitative estimate of drug-likeness (QED) is 0.852. The summed E-state index contributed by atoms with van der Waals surface area (Å²) in [6.07, 6.45) is 0.955. The highest BCUT2D eigenvalue weighted by Crippen LogP contribution is 2.23. The summed E-state index contributed by atoms with van der Waals surface area (Å²) in [5.41, 5.74) is 7.85. The SMILES string of the molecule is CCc1ccccc1OCc1nc(COC)c(CN)s1. The molecule has 0 unspecified atom stereocenters. The van der Waals surface area contributed by atoms with E-state index in [1.807, 2.05) is 18.2 Å². The summed E-state index contributed by atoms with van der Waals surface area (Å²) < 4.78 is 11.0. The zero-order valence-corrected chi connectivity index (χ0v) is 12.7. The van der Waals surface area contributed by atoms with Gasteiger partial charge in [0.25, 0.3) is 0 Å². The molecule has 0 atom stereocenters. The standard InChI is InChI=1S/C15H20N2O2S/c1-3-11-6-4-5-7-13(11)19-10-15-17-12(9-18-2)14(8-16)20-15/h4-7H,3,8-10,16H2,1-2H3. The van der Waals surface area contributed by atoms with Gasteiger partial charge in [-0.25, -0.2) is 4.98 Å². The van der Waals surface area contributed by atoms with E-state index in [0.29, 0.717) is 19.8 Å². The molecule has 2 N–H and O–H groups in total. The molecular weight excluding hydrogens is 272 g/mol. The second kappa shape index (κ2) is 7.38. The number of thiazole rings is 1. The molecule has 2 rings (SSSR count). The number of aromatic nitrogens is 1. The van der Waals surface area contributed by atoms with E-state index in [1.54, 1.807) is 18.4 Å². The van der Waals surface area contributed by atoms with E-state index < -0.39 is 0 Å². The topological polar surface area (TPSA) is 57.4 Å². The van der Waals surface area contributed by atoms with Crippen molar-refractivity contribution in [3.63, 3.8) is 0 Å². The summed E-state index contributed by atoms with van der Waals surface area (Å²) in [5.74, 6) is 0.924. The number of aryl methyl sites for hydroxylation is 1. The van der Waals surface area contributed by atoms with Crippen LogP contribution < -0.4 is 10.5 Å². The average Bonchev–Trinajstić information content (AvgIpc) is 2.88. The highest BCUT2D eigenvalue weighted by Gasteiger charge is 2.11. The van der Waals surface area contributed by atoms with Crippen LogP contribution in [0.25, 0.3) is 0 Å². The maximum Gasteiger partial charge on any atom is 0.140 e. The van der Waals surface area contributed by atoms with Crippen molar-refractivity contribution in [3.05, 3.63) is 45.4 Å². The molecule has 0 aliphatic rings. The molecule has 4 nitrogen and oxygen atoms in total. The van der Waals surface area contributed by atoms with Crippen LogP contribution in [0.3, 0.4) is 0 Å². The molecule has 1 aromatic heterocycles. The number of rotatable bonds is 7. The Balaban J connectivity index is 2.07. The van der Waals surface area contributed by atoms with E-state index in [4.69, 9.17) is 15.2 Å². The molecule has 0 aliphatic carbocycles. The average molecular weight is 292 g/mol. The van der Waals surface area contributed by atoms with Crippen molar-refractivity contribution < 1.29 is 9.47 Å². The van der Waals surface area contributed by atoms with Crippen molar-refractivity contribution in [2.45, 2.75) is 33.1 Å². The first-order valence-corrected chi connectivity index (χ1v) is 7.47. The lowest BCUT2D eigenvalue weighted by Crippen LogP contribution is -2.00. The third-order valence-electron chi connectivity index (χ3n) is 2.99. The van der Waals surface area contributed by atoms with Gasteiger partial charge in [0.2, 0.25) is 0 Å². The number of methoxy groups -OCH3 is 1. The lowest BCUT2D eigenvalue weighted by atomic mass is 10.1. The largest absolute Gasteiger partial charge is 0.486 e. The monoisotopic (exact) mass is 292 g/mol. The zero-order chi connectivity index (χ0) is 14.4. The van der Waals surface area contributed by atoms with Crippen LogP contribution in [-0.2, 0) is 30.9 Å². The van der Waals surface area contributed by atoms with Gasteiger partial charge >= 0.3 is 0 Å². The van der Waals surface area contributed by atoms with Crippen molar-refractivity contribution >= 4 is 11.3 Å². The van der Waals surface area contributed by atoms with Crippen LogP contribution in [0, 0.1) is 0 Å². The van der Waals surface area contributed by atoms with Gasteiger partial charge in [-0.05, 0) is 18.1 Å². The van der Waals surface area contributed by atoms with Crippen molar-refractivity contribution in [1.82, 2.24) is 4.98 Å². The molecule has 20 heavy (non-hydrogen) atoms. The molecule has 0 spiro atoms. The third-order valence-corrected chi connectivity index (χ3v) is 4.09. The molecule has 0 amide bonds. The molecule has 0 bridgehead atoms. The summed E-state index contributed by atoms with van der Waals surface area (Å²) >= 11 is 1.59. The van der Waals surface area contributed by atoms with Crippen LogP contribution in [0.5, 0.6) is 5.75 Å². The van der Waals surface area contributed by atoms with Crippen molar-refractivity contribution in [2.75, 3.05) is 7.11 Å². The Kier molecular flexibility index (Phi) is 5.52. The Hall–Kier alpha value is -1.43. The number of benzene rings is 1. The molecule has 5 heteroatoms. The normalized spacial score (nSPS) is 10.8. The van der Waals surface area contributed by atoms with Gasteiger partial charge < -0.3 is 15.2 Å². The first-order valence-electron chi connectivity index (χ1n) is 6.65. The summed E-state index contributed by atoms with van der Waals surface area (Å²) in [6, 6.07) is 8.08. The van der Waals surface area contributed by atoms with Gasteiger partial charge in [0, 0.05) is 18.5 Å². The predicted molar refractivity (Wildman–Crippen MR) is 80.9 cm³/mol. The Labute approximate surface area is 123 Å². The summed E-state index contributed by atoms with van der Waals surface area (Å²) in [7, 11) is 1.66. The number of hydrogen-bond donors (Lipinski definition) is 1. The van der Waals surface area contributed by atoms with Crippen LogP contribution in [0.2, 0.25) is 0 Å². The maximum atomic E-state index is 5.87. The molecule has 0 aliphatic heterocycles. The Bertz CT molecular complexity index is 555. The Morgan fingerprint density at radius 3 is 2.75 bits per heavy atom. The lowest BCUT2D eigenvalue weighted by Gasteiger charge is -2.08. The van der Waals surface area contributed by atoms with E-state index in [9.17, 15) is 0 Å². The van der Waals surface area contributed by atoms with Crippen LogP contribution in [0.4, 0.5) is 0 Å². The fourth-order valence-corrected chi connectivity index (χ4v) is 2.85. The van der Waals surface area contributed by atoms with Crippen molar-refractivity contribution in [1.29, 1.82) is 0 Å². The molecule has 1 aromatic carbocycles. The third kappa shape index (κ3) is 3.56. The molecule has 0 fully saturated rings. The number of hydrogen-bond acceptors (Lipinski definition) is 5. The van der Waals surface area contributed by atoms with Gasteiger partial charge in [0.05, 0.1) is 12.3 Å². The first kappa shape index (κ1) is 15.0. The van der Waals surface area contributed by atoms with Gasteiger partial charge in [-0.15, -0.1) is 11.3 Å². The fourth-order valence-electron chi connectivity index (χ4n) is 1.98. The van der Waals surface area contributed by atoms with Gasteiger partial charge in [-0.3, -0.25) is 0 Å². The van der Waals surface area contributed by atoms with Crippen molar-refractivity contribution in [3.8, 4) is 5.75 Å². The zero-order valence-electron chi connectivity index (χ0n) is 11.9. The molecule has 2 aromatic rings. The van der Waals surface area contributed by atoms with Crippen LogP contribution in [0.15, 0.2) is 24.3 Å². The molecule has 0 radical (unpaired) electrons. The van der Waals surface area contributed by atoms with Gasteiger partial charge in [0.15, 0.2) is 0 Å². The minimum absolute atomic E-state index is 0.471. The number of nitrogens with zero attached hydrogens (tertiary/aromatic N) is 1. The van der Waals surface area contributed by atoms with E-state index >= 15 is 0 Å². The number of para-hydroxylation sites is 1. The summed E-state index contributed by atoms with van der Waals surface area (Å²) in [5, 5.41) is 0.934. The summed E-state index contributed by atoms with van der Waals surface area (Å²) in [4.78, 5) is 5.59. The molecule has 1 heterocycles. The van der Waals surface area contributed by atoms with E-state index in [1.165, 1.54) is 5.56 Å². The minimum atomic E-state index is 0.471. The van der Waals surface area contributed by atoms with E-state index in [0.717, 1.165) is 27.7 Å². The molecule has 108 valence electrons. The first-order chi connectivity index (χ1) is 9.78. The van der Waals surface area contributed by atoms with E-state index in [-0.39, 0.29) is 0 Å². The number of ether oxygens (including phenoxy) is 2. The summed E-state index contributed by atoms with van der Waals surface area (Å²) in [6.45, 7) is 3.57. The van der Waals surface area contributed by atoms with Gasteiger partial charge in [-0.1, -0.05) is 25.1 Å². The van der Waals surface area contributed by atoms with Crippen LogP contribution in [-0.4, -0.2) is 12.1 Å². The lowest BCUT2D eigenvalue weighted by molar-refractivity contribution is 0.181. The van der Waals surface area contributed by atoms with Gasteiger partial charge in [0.1, 0.15) is 17.4 Å². The predicted octanol–water partition coefficient (Wildman–Crippen LogP) is 2.89. The maximum absolute atomic E-state index is 5.87. The second-order valence-corrected chi connectivity index (χ2v) is 5.53. The molecule has 0 saturated carbocycles. The smallest absolute Gasteiger partial charge is 0.140 e. The Morgan fingerprint density at radius 1 is 1.25 bits per heavy atom. The minimum Gasteiger partial charge on any atom is -0.486 e. The van der Waals surface area contributed by atoms with Gasteiger partial charge in [-0.2, -0.15) is 0 Å². The molecule has 0 saturated heterocycles. The highest BCUT2D eigenvalue weighted by molar-refractivity contribution is 7.11. The Morgan fingerprint density at radius 2 is 2.05 bits per heavy atom. The van der Waals surface area contributed by atoms with E-state index in [2.05, 4.69) is 18.0 Å². The molecular formula is C15H20N2O2S. The fraction of sp³-hybridized carbons (Fsp3) is 0.400. The number of nitrogens with two attached hydrogens (primary N) is 1.